The minimum absolute atomic E-state index is 0.432. The molecule has 8 atom stereocenters. The second kappa shape index (κ2) is 7.42. The number of esters is 3. The first-order valence-electron chi connectivity index (χ1n) is 11.2. The van der Waals surface area contributed by atoms with Gasteiger partial charge in [-0.1, -0.05) is 24.1 Å². The van der Waals surface area contributed by atoms with Gasteiger partial charge in [0, 0.05) is 26.2 Å². The third-order valence-corrected chi connectivity index (χ3v) is 7.93. The molecule has 0 aromatic carbocycles. The van der Waals surface area contributed by atoms with Gasteiger partial charge in [-0.25, -0.2) is 4.79 Å². The second-order valence-electron chi connectivity index (χ2n) is 9.97. The normalized spacial score (nSPS) is 46.8. The minimum atomic E-state index is -1.26. The van der Waals surface area contributed by atoms with Crippen LogP contribution in [0, 0.1) is 11.3 Å². The van der Waals surface area contributed by atoms with Crippen molar-refractivity contribution in [3.63, 3.8) is 0 Å². The maximum Gasteiger partial charge on any atom is 0.342 e. The average Bonchev–Trinajstić information content (AvgIpc) is 3.28. The van der Waals surface area contributed by atoms with Crippen LogP contribution in [0.5, 0.6) is 0 Å². The molecule has 0 aromatic rings. The van der Waals surface area contributed by atoms with Gasteiger partial charge in [-0.3, -0.25) is 9.59 Å². The molecule has 2 fully saturated rings. The highest BCUT2D eigenvalue weighted by Gasteiger charge is 2.85. The number of ether oxygens (including phenoxy) is 4. The molecule has 0 aromatic heterocycles. The molecule has 1 N–H and O–H groups in total. The number of epoxide rings is 1. The van der Waals surface area contributed by atoms with Crippen molar-refractivity contribution < 1.29 is 38.4 Å². The summed E-state index contributed by atoms with van der Waals surface area (Å²) in [6, 6.07) is 0. The quantitative estimate of drug-likeness (QED) is 0.297. The number of carbonyl (C=O) groups is 3. The molecule has 32 heavy (non-hydrogen) atoms. The maximum absolute atomic E-state index is 12.6. The predicted octanol–water partition coefficient (Wildman–Crippen LogP) is 2.38. The van der Waals surface area contributed by atoms with Crippen molar-refractivity contribution in [1.29, 1.82) is 0 Å². The molecule has 4 aliphatic rings. The van der Waals surface area contributed by atoms with E-state index in [2.05, 4.69) is 0 Å². The number of rotatable bonds is 2. The number of hydrogen-bond acceptors (Lipinski definition) is 8. The van der Waals surface area contributed by atoms with Crippen molar-refractivity contribution in [2.24, 2.45) is 11.3 Å². The van der Waals surface area contributed by atoms with Gasteiger partial charge in [-0.15, -0.1) is 0 Å². The van der Waals surface area contributed by atoms with Crippen molar-refractivity contribution in [3.8, 4) is 0 Å². The first-order chi connectivity index (χ1) is 14.9. The smallest absolute Gasteiger partial charge is 0.342 e. The summed E-state index contributed by atoms with van der Waals surface area (Å²) in [5.74, 6) is -2.00. The largest absolute Gasteiger partial charge is 0.462 e. The van der Waals surface area contributed by atoms with Crippen LogP contribution in [-0.2, 0) is 33.3 Å². The Morgan fingerprint density at radius 2 is 1.75 bits per heavy atom. The molecule has 2 saturated heterocycles. The molecular formula is C24H32O8. The van der Waals surface area contributed by atoms with E-state index in [-0.39, 0.29) is 0 Å². The number of aliphatic hydroxyl groups is 1. The molecule has 176 valence electrons. The predicted molar refractivity (Wildman–Crippen MR) is 112 cm³/mol. The summed E-state index contributed by atoms with van der Waals surface area (Å²) in [5.41, 5.74) is -1.68. The number of fused-ring (bicyclic) bond motifs is 1. The van der Waals surface area contributed by atoms with E-state index < -0.39 is 64.9 Å². The maximum atomic E-state index is 12.6. The highest BCUT2D eigenvalue weighted by atomic mass is 16.7. The first-order valence-corrected chi connectivity index (χ1v) is 11.2. The Morgan fingerprint density at radius 1 is 1.12 bits per heavy atom. The van der Waals surface area contributed by atoms with Crippen molar-refractivity contribution in [1.82, 2.24) is 0 Å². The highest BCUT2D eigenvalue weighted by molar-refractivity contribution is 5.89. The number of hydrogen-bond donors (Lipinski definition) is 1. The molecule has 0 bridgehead atoms. The van der Waals surface area contributed by atoms with Crippen LogP contribution >= 0.6 is 0 Å². The van der Waals surface area contributed by atoms with Gasteiger partial charge in [-0.05, 0) is 39.7 Å². The van der Waals surface area contributed by atoms with Crippen LogP contribution < -0.4 is 0 Å². The molecule has 1 spiro atoms. The van der Waals surface area contributed by atoms with Crippen LogP contribution in [0.1, 0.15) is 60.8 Å². The Balaban J connectivity index is 1.90. The van der Waals surface area contributed by atoms with Crippen LogP contribution in [0.2, 0.25) is 0 Å². The van der Waals surface area contributed by atoms with Crippen LogP contribution in [0.15, 0.2) is 23.3 Å². The molecule has 0 amide bonds. The average molecular weight is 449 g/mol. The Morgan fingerprint density at radius 3 is 2.34 bits per heavy atom. The van der Waals surface area contributed by atoms with Crippen molar-refractivity contribution >= 4 is 17.9 Å². The van der Waals surface area contributed by atoms with Gasteiger partial charge in [0.15, 0.2) is 17.3 Å². The second-order valence-corrected chi connectivity index (χ2v) is 9.97. The molecule has 0 saturated carbocycles. The SMILES string of the molecule is CC(=O)O[C@H]1CC=C(C)[C@@H]2[C@@H](O)[C@]34O[C@@]3(C)C(=O)O[C@H]4/C=C(/C)CC[C@@H](OC(C)=O)[C@@]12C. The summed E-state index contributed by atoms with van der Waals surface area (Å²) in [6.07, 6.45) is 2.09. The molecule has 8 heteroatoms. The monoisotopic (exact) mass is 448 g/mol. The molecule has 0 radical (unpaired) electrons. The lowest BCUT2D eigenvalue weighted by atomic mass is 9.57. The van der Waals surface area contributed by atoms with Crippen molar-refractivity contribution in [3.05, 3.63) is 23.3 Å². The van der Waals surface area contributed by atoms with Gasteiger partial charge in [0.1, 0.15) is 12.2 Å². The van der Waals surface area contributed by atoms with Gasteiger partial charge in [0.05, 0.1) is 11.5 Å². The topological polar surface area (TPSA) is 112 Å². The third-order valence-electron chi connectivity index (χ3n) is 7.93. The number of aliphatic hydroxyl groups excluding tert-OH is 1. The van der Waals surface area contributed by atoms with Gasteiger partial charge in [0.2, 0.25) is 0 Å². The minimum Gasteiger partial charge on any atom is -0.462 e. The summed E-state index contributed by atoms with van der Waals surface area (Å²) >= 11 is 0. The third kappa shape index (κ3) is 3.06. The summed E-state index contributed by atoms with van der Waals surface area (Å²) < 4.78 is 23.2. The van der Waals surface area contributed by atoms with Gasteiger partial charge >= 0.3 is 17.9 Å². The molecule has 2 aliphatic heterocycles. The summed E-state index contributed by atoms with van der Waals surface area (Å²) in [6.45, 7) is 10.0. The molecule has 2 heterocycles. The Kier molecular flexibility index (Phi) is 5.33. The zero-order valence-corrected chi connectivity index (χ0v) is 19.5. The molecule has 0 unspecified atom stereocenters. The number of carbonyl (C=O) groups excluding carboxylic acids is 3. The fourth-order valence-corrected chi connectivity index (χ4v) is 6.21. The standard InChI is InChI=1S/C24H32O8/c1-12-7-9-16(29-14(3)25)22(5)17(30-15(4)26)10-8-13(2)19(22)20(27)24-18(11-12)31-21(28)23(24,6)32-24/h8,11,16-20,27H,7,9-10H2,1-6H3/b12-11-/t16-,17+,18+,19-,20-,22+,23+,24+/m1/s1. The van der Waals surface area contributed by atoms with Crippen molar-refractivity contribution in [2.75, 3.05) is 0 Å². The molecule has 4 rings (SSSR count). The summed E-state index contributed by atoms with van der Waals surface area (Å²) in [4.78, 5) is 36.7. The molecule has 2 aliphatic carbocycles. The van der Waals surface area contributed by atoms with Crippen LogP contribution in [0.25, 0.3) is 0 Å². The number of allylic oxidation sites excluding steroid dienone is 1. The van der Waals surface area contributed by atoms with Crippen molar-refractivity contribution in [2.45, 2.75) is 96.4 Å². The fraction of sp³-hybridized carbons (Fsp3) is 0.708. The fourth-order valence-electron chi connectivity index (χ4n) is 6.21. The van der Waals surface area contributed by atoms with Gasteiger partial charge in [0.25, 0.3) is 0 Å². The van der Waals surface area contributed by atoms with Gasteiger partial charge in [-0.2, -0.15) is 0 Å². The highest BCUT2D eigenvalue weighted by Crippen LogP contribution is 2.64. The zero-order chi connectivity index (χ0) is 23.6. The van der Waals surface area contributed by atoms with Crippen LogP contribution in [0.4, 0.5) is 0 Å². The summed E-state index contributed by atoms with van der Waals surface area (Å²) in [5, 5.41) is 11.9. The van der Waals surface area contributed by atoms with Gasteiger partial charge < -0.3 is 24.1 Å². The van der Waals surface area contributed by atoms with E-state index in [4.69, 9.17) is 18.9 Å². The van der Waals surface area contributed by atoms with E-state index in [1.807, 2.05) is 32.9 Å². The lowest BCUT2D eigenvalue weighted by molar-refractivity contribution is -0.190. The molecular weight excluding hydrogens is 416 g/mol. The van der Waals surface area contributed by atoms with E-state index in [1.54, 1.807) is 6.92 Å². The van der Waals surface area contributed by atoms with E-state index >= 15 is 0 Å². The van der Waals surface area contributed by atoms with E-state index in [0.29, 0.717) is 19.3 Å². The first kappa shape index (κ1) is 23.0. The lowest BCUT2D eigenvalue weighted by Gasteiger charge is -2.52. The lowest BCUT2D eigenvalue weighted by Crippen LogP contribution is -2.60. The van der Waals surface area contributed by atoms with Crippen LogP contribution in [0.3, 0.4) is 0 Å². The Bertz CT molecular complexity index is 921. The molecule has 8 nitrogen and oxygen atoms in total. The van der Waals surface area contributed by atoms with E-state index in [9.17, 15) is 19.5 Å². The van der Waals surface area contributed by atoms with Crippen LogP contribution in [-0.4, -0.2) is 58.6 Å². The van der Waals surface area contributed by atoms with E-state index in [1.165, 1.54) is 13.8 Å². The van der Waals surface area contributed by atoms with E-state index in [0.717, 1.165) is 11.1 Å². The Labute approximate surface area is 187 Å². The summed E-state index contributed by atoms with van der Waals surface area (Å²) in [7, 11) is 0. The Hall–Kier alpha value is -2.19. The zero-order valence-electron chi connectivity index (χ0n) is 19.5.